The maximum atomic E-state index is 5.53. The van der Waals surface area contributed by atoms with Gasteiger partial charge in [0.2, 0.25) is 5.75 Å². The fourth-order valence-electron chi connectivity index (χ4n) is 2.91. The van der Waals surface area contributed by atoms with Gasteiger partial charge < -0.3 is 29.6 Å². The number of hydrogen-bond acceptors (Lipinski definition) is 5. The highest BCUT2D eigenvalue weighted by Crippen LogP contribution is 2.39. The molecule has 7 nitrogen and oxygen atoms in total. The van der Waals surface area contributed by atoms with Gasteiger partial charge in [-0.1, -0.05) is 12.1 Å². The highest BCUT2D eigenvalue weighted by Gasteiger charge is 2.15. The van der Waals surface area contributed by atoms with Gasteiger partial charge in [-0.05, 0) is 43.2 Å². The van der Waals surface area contributed by atoms with Gasteiger partial charge in [0.1, 0.15) is 5.75 Å². The molecule has 2 N–H and O–H groups in total. The molecule has 0 aromatic heterocycles. The Kier molecular flexibility index (Phi) is 11.8. The average Bonchev–Trinajstić information content (AvgIpc) is 2.77. The van der Waals surface area contributed by atoms with Crippen molar-refractivity contribution in [3.8, 4) is 23.0 Å². The van der Waals surface area contributed by atoms with Gasteiger partial charge in [-0.3, -0.25) is 0 Å². The first-order valence-corrected chi connectivity index (χ1v) is 9.59. The Morgan fingerprint density at radius 3 is 2.10 bits per heavy atom. The Morgan fingerprint density at radius 2 is 1.53 bits per heavy atom. The maximum absolute atomic E-state index is 5.53. The first-order chi connectivity index (χ1) is 14.2. The average molecular weight is 529 g/mol. The zero-order valence-corrected chi connectivity index (χ0v) is 20.6. The van der Waals surface area contributed by atoms with Crippen molar-refractivity contribution in [2.75, 3.05) is 41.5 Å². The summed E-state index contributed by atoms with van der Waals surface area (Å²) in [6, 6.07) is 11.9. The first kappa shape index (κ1) is 25.7. The SMILES string of the molecule is CCNC(=NCc1ccc(OC)c(OC)c1OC)NCCc1ccc(OC)cc1.I. The molecule has 2 aromatic carbocycles. The van der Waals surface area contributed by atoms with E-state index in [0.29, 0.717) is 23.8 Å². The molecule has 0 aliphatic rings. The number of aliphatic imine (C=N–C) groups is 1. The summed E-state index contributed by atoms with van der Waals surface area (Å²) >= 11 is 0. The zero-order chi connectivity index (χ0) is 21.1. The molecule has 8 heteroatoms. The molecule has 0 heterocycles. The summed E-state index contributed by atoms with van der Waals surface area (Å²) in [5, 5.41) is 6.64. The van der Waals surface area contributed by atoms with Gasteiger partial charge in [0.15, 0.2) is 17.5 Å². The van der Waals surface area contributed by atoms with Crippen LogP contribution in [0.3, 0.4) is 0 Å². The van der Waals surface area contributed by atoms with Crippen molar-refractivity contribution < 1.29 is 18.9 Å². The van der Waals surface area contributed by atoms with Crippen molar-refractivity contribution in [1.82, 2.24) is 10.6 Å². The van der Waals surface area contributed by atoms with E-state index in [4.69, 9.17) is 18.9 Å². The predicted octanol–water partition coefficient (Wildman–Crippen LogP) is 3.64. The molecule has 0 spiro atoms. The van der Waals surface area contributed by atoms with Crippen LogP contribution in [0.5, 0.6) is 23.0 Å². The van der Waals surface area contributed by atoms with Gasteiger partial charge in [-0.25, -0.2) is 4.99 Å². The van der Waals surface area contributed by atoms with Crippen LogP contribution >= 0.6 is 24.0 Å². The van der Waals surface area contributed by atoms with Crippen LogP contribution in [0.2, 0.25) is 0 Å². The van der Waals surface area contributed by atoms with E-state index in [2.05, 4.69) is 27.8 Å². The lowest BCUT2D eigenvalue weighted by Crippen LogP contribution is -2.38. The smallest absolute Gasteiger partial charge is 0.203 e. The normalized spacial score (nSPS) is 10.6. The van der Waals surface area contributed by atoms with Crippen molar-refractivity contribution in [3.05, 3.63) is 47.5 Å². The lowest BCUT2D eigenvalue weighted by molar-refractivity contribution is 0.322. The number of nitrogens with zero attached hydrogens (tertiary/aromatic N) is 1. The number of benzene rings is 2. The number of nitrogens with one attached hydrogen (secondary N) is 2. The third kappa shape index (κ3) is 7.16. The van der Waals surface area contributed by atoms with Crippen LogP contribution in [0.4, 0.5) is 0 Å². The third-order valence-electron chi connectivity index (χ3n) is 4.40. The quantitative estimate of drug-likeness (QED) is 0.278. The molecule has 166 valence electrons. The molecule has 0 atom stereocenters. The van der Waals surface area contributed by atoms with Gasteiger partial charge in [0, 0.05) is 18.7 Å². The van der Waals surface area contributed by atoms with Crippen molar-refractivity contribution >= 4 is 29.9 Å². The molecule has 2 aromatic rings. The van der Waals surface area contributed by atoms with Gasteiger partial charge in [0.05, 0.1) is 35.0 Å². The third-order valence-corrected chi connectivity index (χ3v) is 4.40. The summed E-state index contributed by atoms with van der Waals surface area (Å²) in [7, 11) is 6.48. The fraction of sp³-hybridized carbons (Fsp3) is 0.409. The largest absolute Gasteiger partial charge is 0.497 e. The second kappa shape index (κ2) is 13.8. The number of ether oxygens (including phenoxy) is 4. The van der Waals surface area contributed by atoms with E-state index in [1.54, 1.807) is 28.4 Å². The summed E-state index contributed by atoms with van der Waals surface area (Å²) in [4.78, 5) is 4.68. The monoisotopic (exact) mass is 529 g/mol. The van der Waals surface area contributed by atoms with E-state index in [-0.39, 0.29) is 24.0 Å². The molecule has 0 aliphatic heterocycles. The van der Waals surface area contributed by atoms with Crippen molar-refractivity contribution in [2.45, 2.75) is 19.9 Å². The second-order valence-electron chi connectivity index (χ2n) is 6.21. The minimum absolute atomic E-state index is 0. The highest BCUT2D eigenvalue weighted by molar-refractivity contribution is 14.0. The van der Waals surface area contributed by atoms with E-state index in [1.807, 2.05) is 31.2 Å². The van der Waals surface area contributed by atoms with Crippen molar-refractivity contribution in [2.24, 2.45) is 4.99 Å². The summed E-state index contributed by atoms with van der Waals surface area (Å²) in [5.41, 5.74) is 2.15. The molecule has 0 saturated carbocycles. The lowest BCUT2D eigenvalue weighted by Gasteiger charge is -2.16. The number of rotatable bonds is 10. The molecule has 0 bridgehead atoms. The number of guanidine groups is 1. The van der Waals surface area contributed by atoms with E-state index in [1.165, 1.54) is 5.56 Å². The number of hydrogen-bond donors (Lipinski definition) is 2. The summed E-state index contributed by atoms with van der Waals surface area (Å²) < 4.78 is 21.5. The van der Waals surface area contributed by atoms with Gasteiger partial charge in [-0.2, -0.15) is 0 Å². The molecular formula is C22H32IN3O4. The molecule has 30 heavy (non-hydrogen) atoms. The highest BCUT2D eigenvalue weighted by atomic mass is 127. The van der Waals surface area contributed by atoms with Gasteiger partial charge in [-0.15, -0.1) is 24.0 Å². The van der Waals surface area contributed by atoms with Crippen LogP contribution < -0.4 is 29.6 Å². The molecule has 0 amide bonds. The standard InChI is InChI=1S/C22H31N3O4.HI/c1-6-23-22(24-14-13-16-7-10-18(26-2)11-8-16)25-15-17-9-12-19(27-3)21(29-5)20(17)28-4;/h7-12H,6,13-15H2,1-5H3,(H2,23,24,25);1H. The van der Waals surface area contributed by atoms with Crippen LogP contribution in [-0.2, 0) is 13.0 Å². The molecular weight excluding hydrogens is 497 g/mol. The zero-order valence-electron chi connectivity index (χ0n) is 18.3. The molecule has 0 saturated heterocycles. The van der Waals surface area contributed by atoms with E-state index < -0.39 is 0 Å². The molecule has 0 unspecified atom stereocenters. The first-order valence-electron chi connectivity index (χ1n) is 9.59. The van der Waals surface area contributed by atoms with E-state index in [0.717, 1.165) is 36.8 Å². The minimum atomic E-state index is 0. The van der Waals surface area contributed by atoms with Crippen LogP contribution in [0.25, 0.3) is 0 Å². The van der Waals surface area contributed by atoms with E-state index >= 15 is 0 Å². The summed E-state index contributed by atoms with van der Waals surface area (Å²) in [6.45, 7) is 4.03. The second-order valence-corrected chi connectivity index (χ2v) is 6.21. The van der Waals surface area contributed by atoms with Crippen LogP contribution in [0.15, 0.2) is 41.4 Å². The predicted molar refractivity (Wildman–Crippen MR) is 131 cm³/mol. The van der Waals surface area contributed by atoms with Crippen LogP contribution in [0, 0.1) is 0 Å². The fourth-order valence-corrected chi connectivity index (χ4v) is 2.91. The van der Waals surface area contributed by atoms with E-state index in [9.17, 15) is 0 Å². The summed E-state index contributed by atoms with van der Waals surface area (Å²) in [5.74, 6) is 3.43. The van der Waals surface area contributed by atoms with Crippen LogP contribution in [-0.4, -0.2) is 47.5 Å². The van der Waals surface area contributed by atoms with Gasteiger partial charge >= 0.3 is 0 Å². The van der Waals surface area contributed by atoms with Crippen LogP contribution in [0.1, 0.15) is 18.1 Å². The number of methoxy groups -OCH3 is 4. The molecule has 0 fully saturated rings. The minimum Gasteiger partial charge on any atom is -0.497 e. The molecule has 0 aliphatic carbocycles. The Labute approximate surface area is 196 Å². The maximum Gasteiger partial charge on any atom is 0.203 e. The summed E-state index contributed by atoms with van der Waals surface area (Å²) in [6.07, 6.45) is 0.883. The van der Waals surface area contributed by atoms with Crippen molar-refractivity contribution in [1.29, 1.82) is 0 Å². The molecule has 2 rings (SSSR count). The lowest BCUT2D eigenvalue weighted by atomic mass is 10.1. The van der Waals surface area contributed by atoms with Crippen molar-refractivity contribution in [3.63, 3.8) is 0 Å². The Balaban J connectivity index is 0.00000450. The Hall–Kier alpha value is -2.36. The molecule has 0 radical (unpaired) electrons. The Bertz CT molecular complexity index is 798. The number of halogens is 1. The Morgan fingerprint density at radius 1 is 0.833 bits per heavy atom. The topological polar surface area (TPSA) is 73.3 Å². The van der Waals surface area contributed by atoms with Gasteiger partial charge in [0.25, 0.3) is 0 Å².